The summed E-state index contributed by atoms with van der Waals surface area (Å²) in [6.07, 6.45) is 2.92. The van der Waals surface area contributed by atoms with E-state index in [9.17, 15) is 9.59 Å². The van der Waals surface area contributed by atoms with Gasteiger partial charge >= 0.3 is 0 Å². The van der Waals surface area contributed by atoms with E-state index in [1.54, 1.807) is 11.1 Å². The van der Waals surface area contributed by atoms with Crippen LogP contribution in [-0.2, 0) is 11.2 Å². The molecule has 6 heteroatoms. The number of hydrogen-bond acceptors (Lipinski definition) is 4. The number of aryl methyl sites for hydroxylation is 1. The predicted octanol–water partition coefficient (Wildman–Crippen LogP) is 2.83. The molecule has 1 unspecified atom stereocenters. The maximum absolute atomic E-state index is 12.6. The second kappa shape index (κ2) is 8.95. The summed E-state index contributed by atoms with van der Waals surface area (Å²) in [5.74, 6) is 0.957. The largest absolute Gasteiger partial charge is 0.342 e. The first kappa shape index (κ1) is 20.0. The van der Waals surface area contributed by atoms with Gasteiger partial charge in [-0.2, -0.15) is 0 Å². The van der Waals surface area contributed by atoms with Crippen LogP contribution in [0.1, 0.15) is 53.6 Å². The molecule has 3 rings (SSSR count). The Hall–Kier alpha value is -2.76. The smallest absolute Gasteiger partial charge is 0.257 e. The van der Waals surface area contributed by atoms with Gasteiger partial charge in [-0.05, 0) is 32.8 Å². The molecule has 2 aromatic rings. The summed E-state index contributed by atoms with van der Waals surface area (Å²) in [6.45, 7) is 8.47. The predicted molar refractivity (Wildman–Crippen MR) is 108 cm³/mol. The average Bonchev–Trinajstić information content (AvgIpc) is 3.20. The molecule has 6 nitrogen and oxygen atoms in total. The molecule has 1 atom stereocenters. The van der Waals surface area contributed by atoms with Crippen molar-refractivity contribution in [2.45, 2.75) is 39.5 Å². The fourth-order valence-corrected chi connectivity index (χ4v) is 3.65. The molecule has 1 aromatic carbocycles. The fraction of sp³-hybridized carbons (Fsp3) is 0.455. The molecular formula is C22H28N4O2. The molecule has 1 aliphatic rings. The van der Waals surface area contributed by atoms with Gasteiger partial charge in [-0.1, -0.05) is 30.3 Å². The van der Waals surface area contributed by atoms with Crippen LogP contribution in [0.4, 0.5) is 0 Å². The molecule has 2 heterocycles. The molecule has 0 bridgehead atoms. The lowest BCUT2D eigenvalue weighted by molar-refractivity contribution is -0.129. The Bertz CT molecular complexity index is 834. The zero-order valence-corrected chi connectivity index (χ0v) is 16.9. The maximum atomic E-state index is 12.6. The fourth-order valence-electron chi connectivity index (χ4n) is 3.65. The van der Waals surface area contributed by atoms with E-state index in [0.29, 0.717) is 37.3 Å². The van der Waals surface area contributed by atoms with Crippen molar-refractivity contribution in [2.75, 3.05) is 26.2 Å². The van der Waals surface area contributed by atoms with E-state index in [-0.39, 0.29) is 17.7 Å². The molecule has 148 valence electrons. The molecule has 1 aliphatic heterocycles. The van der Waals surface area contributed by atoms with Crippen LogP contribution in [0, 0.1) is 6.92 Å². The first-order chi connectivity index (χ1) is 13.5. The minimum atomic E-state index is -0.0277. The van der Waals surface area contributed by atoms with Crippen molar-refractivity contribution in [3.8, 4) is 0 Å². The number of nitrogens with zero attached hydrogens (tertiary/aromatic N) is 4. The van der Waals surface area contributed by atoms with Gasteiger partial charge in [0.1, 0.15) is 5.82 Å². The van der Waals surface area contributed by atoms with Crippen molar-refractivity contribution >= 4 is 11.8 Å². The van der Waals surface area contributed by atoms with E-state index in [4.69, 9.17) is 0 Å². The van der Waals surface area contributed by atoms with Crippen molar-refractivity contribution in [3.63, 3.8) is 0 Å². The van der Waals surface area contributed by atoms with Crippen LogP contribution in [0.15, 0.2) is 36.5 Å². The van der Waals surface area contributed by atoms with Gasteiger partial charge in [-0.25, -0.2) is 9.97 Å². The standard InChI is InChI=1S/C22H28N4O2/c1-4-25(5-2)22(28)19-14-23-21(24-16(19)3)18-11-12-26(15-18)20(27)13-17-9-7-6-8-10-17/h6-10,14,18H,4-5,11-13,15H2,1-3H3. The first-order valence-corrected chi connectivity index (χ1v) is 9.98. The third-order valence-corrected chi connectivity index (χ3v) is 5.38. The van der Waals surface area contributed by atoms with Crippen LogP contribution < -0.4 is 0 Å². The van der Waals surface area contributed by atoms with Crippen molar-refractivity contribution in [1.82, 2.24) is 19.8 Å². The number of hydrogen-bond donors (Lipinski definition) is 0. The van der Waals surface area contributed by atoms with Gasteiger partial charge in [0.15, 0.2) is 0 Å². The Balaban J connectivity index is 1.66. The summed E-state index contributed by atoms with van der Waals surface area (Å²) in [5.41, 5.74) is 2.29. The van der Waals surface area contributed by atoms with Gasteiger partial charge in [0, 0.05) is 38.3 Å². The van der Waals surface area contributed by atoms with E-state index in [0.717, 1.165) is 24.4 Å². The highest BCUT2D eigenvalue weighted by Crippen LogP contribution is 2.26. The van der Waals surface area contributed by atoms with Gasteiger partial charge in [-0.15, -0.1) is 0 Å². The summed E-state index contributed by atoms with van der Waals surface area (Å²) < 4.78 is 0. The number of carbonyl (C=O) groups is 2. The van der Waals surface area contributed by atoms with E-state index in [1.807, 2.05) is 56.0 Å². The number of aromatic nitrogens is 2. The Morgan fingerprint density at radius 2 is 1.89 bits per heavy atom. The van der Waals surface area contributed by atoms with Crippen LogP contribution >= 0.6 is 0 Å². The Morgan fingerprint density at radius 1 is 1.18 bits per heavy atom. The topological polar surface area (TPSA) is 66.4 Å². The molecule has 0 spiro atoms. The van der Waals surface area contributed by atoms with Crippen LogP contribution in [0.2, 0.25) is 0 Å². The summed E-state index contributed by atoms with van der Waals surface area (Å²) >= 11 is 0. The van der Waals surface area contributed by atoms with E-state index < -0.39 is 0 Å². The highest BCUT2D eigenvalue weighted by atomic mass is 16.2. The van der Waals surface area contributed by atoms with Crippen molar-refractivity contribution in [1.29, 1.82) is 0 Å². The summed E-state index contributed by atoms with van der Waals surface area (Å²) in [7, 11) is 0. The van der Waals surface area contributed by atoms with Crippen molar-refractivity contribution in [2.24, 2.45) is 0 Å². The van der Waals surface area contributed by atoms with Gasteiger partial charge in [0.05, 0.1) is 17.7 Å². The third kappa shape index (κ3) is 4.38. The molecule has 2 amide bonds. The van der Waals surface area contributed by atoms with Crippen molar-refractivity contribution in [3.05, 3.63) is 59.2 Å². The molecule has 1 saturated heterocycles. The summed E-state index contributed by atoms with van der Waals surface area (Å²) in [4.78, 5) is 37.9. The van der Waals surface area contributed by atoms with Crippen LogP contribution in [0.3, 0.4) is 0 Å². The third-order valence-electron chi connectivity index (χ3n) is 5.38. The second-order valence-corrected chi connectivity index (χ2v) is 7.19. The molecule has 0 radical (unpaired) electrons. The molecule has 28 heavy (non-hydrogen) atoms. The van der Waals surface area contributed by atoms with Gasteiger partial charge in [0.2, 0.25) is 5.91 Å². The number of likely N-dealkylation sites (tertiary alicyclic amines) is 1. The Labute approximate surface area is 166 Å². The molecular weight excluding hydrogens is 352 g/mol. The van der Waals surface area contributed by atoms with Gasteiger partial charge < -0.3 is 9.80 Å². The molecule has 1 fully saturated rings. The quantitative estimate of drug-likeness (QED) is 0.773. The first-order valence-electron chi connectivity index (χ1n) is 9.98. The zero-order chi connectivity index (χ0) is 20.1. The maximum Gasteiger partial charge on any atom is 0.257 e. The number of benzene rings is 1. The minimum Gasteiger partial charge on any atom is -0.342 e. The van der Waals surface area contributed by atoms with Crippen LogP contribution in [0.5, 0.6) is 0 Å². The van der Waals surface area contributed by atoms with E-state index in [1.165, 1.54) is 0 Å². The number of rotatable bonds is 6. The van der Waals surface area contributed by atoms with Crippen LogP contribution in [0.25, 0.3) is 0 Å². The SMILES string of the molecule is CCN(CC)C(=O)c1cnc(C2CCN(C(=O)Cc3ccccc3)C2)nc1C. The molecule has 0 saturated carbocycles. The van der Waals surface area contributed by atoms with E-state index >= 15 is 0 Å². The second-order valence-electron chi connectivity index (χ2n) is 7.19. The van der Waals surface area contributed by atoms with Crippen LogP contribution in [-0.4, -0.2) is 57.8 Å². The molecule has 1 aromatic heterocycles. The normalized spacial score (nSPS) is 16.2. The summed E-state index contributed by atoms with van der Waals surface area (Å²) in [6, 6.07) is 9.81. The van der Waals surface area contributed by atoms with E-state index in [2.05, 4.69) is 9.97 Å². The molecule has 0 aliphatic carbocycles. The monoisotopic (exact) mass is 380 g/mol. The molecule has 0 N–H and O–H groups in total. The lowest BCUT2D eigenvalue weighted by Gasteiger charge is -2.20. The summed E-state index contributed by atoms with van der Waals surface area (Å²) in [5, 5.41) is 0. The van der Waals surface area contributed by atoms with Gasteiger partial charge in [0.25, 0.3) is 5.91 Å². The highest BCUT2D eigenvalue weighted by Gasteiger charge is 2.29. The lowest BCUT2D eigenvalue weighted by atomic mass is 10.1. The lowest BCUT2D eigenvalue weighted by Crippen LogP contribution is -2.31. The number of amides is 2. The Kier molecular flexibility index (Phi) is 6.39. The zero-order valence-electron chi connectivity index (χ0n) is 16.9. The van der Waals surface area contributed by atoms with Gasteiger partial charge in [-0.3, -0.25) is 9.59 Å². The highest BCUT2D eigenvalue weighted by molar-refractivity contribution is 5.94. The minimum absolute atomic E-state index is 0.0277. The Morgan fingerprint density at radius 3 is 2.54 bits per heavy atom. The number of carbonyl (C=O) groups excluding carboxylic acids is 2. The average molecular weight is 380 g/mol. The van der Waals surface area contributed by atoms with Crippen molar-refractivity contribution < 1.29 is 9.59 Å².